The fourth-order valence-corrected chi connectivity index (χ4v) is 4.45. The van der Waals surface area contributed by atoms with Gasteiger partial charge in [-0.15, -0.1) is 0 Å². The predicted molar refractivity (Wildman–Crippen MR) is 121 cm³/mol. The first kappa shape index (κ1) is 21.6. The average Bonchev–Trinajstić information content (AvgIpc) is 2.77. The predicted octanol–water partition coefficient (Wildman–Crippen LogP) is 7.91. The van der Waals surface area contributed by atoms with Gasteiger partial charge in [0.05, 0.1) is 0 Å². The van der Waals surface area contributed by atoms with Crippen LogP contribution in [0.5, 0.6) is 5.75 Å². The van der Waals surface area contributed by atoms with E-state index in [0.717, 1.165) is 30.2 Å². The van der Waals surface area contributed by atoms with Crippen molar-refractivity contribution in [2.75, 3.05) is 0 Å². The van der Waals surface area contributed by atoms with Crippen molar-refractivity contribution in [2.24, 2.45) is 5.92 Å². The number of carbonyl (C=O) groups is 1. The highest BCUT2D eigenvalue weighted by Gasteiger charge is 2.21. The van der Waals surface area contributed by atoms with Crippen LogP contribution < -0.4 is 4.74 Å². The zero-order valence-corrected chi connectivity index (χ0v) is 18.2. The molecule has 2 aromatic carbocycles. The summed E-state index contributed by atoms with van der Waals surface area (Å²) in [5, 5.41) is 0. The highest BCUT2D eigenvalue weighted by atomic mass is 16.5. The Bertz CT molecular complexity index is 737. The van der Waals surface area contributed by atoms with Crippen LogP contribution in [0.15, 0.2) is 48.5 Å². The van der Waals surface area contributed by atoms with Gasteiger partial charge in [-0.25, -0.2) is 0 Å². The molecular formula is C27H36O2. The Hall–Kier alpha value is -2.09. The van der Waals surface area contributed by atoms with Crippen LogP contribution in [0.25, 0.3) is 11.1 Å². The minimum atomic E-state index is -0.129. The maximum atomic E-state index is 11.9. The summed E-state index contributed by atoms with van der Waals surface area (Å²) < 4.78 is 5.46. The maximum Gasteiger partial charge on any atom is 0.311 e. The molecule has 1 saturated carbocycles. The number of benzene rings is 2. The smallest absolute Gasteiger partial charge is 0.311 e. The lowest BCUT2D eigenvalue weighted by Crippen LogP contribution is -2.12. The number of carbonyl (C=O) groups excluding carboxylic acids is 1. The lowest BCUT2D eigenvalue weighted by molar-refractivity contribution is -0.134. The molecule has 1 aliphatic rings. The third-order valence-electron chi connectivity index (χ3n) is 6.46. The fourth-order valence-electron chi connectivity index (χ4n) is 4.45. The second-order valence-corrected chi connectivity index (χ2v) is 8.56. The number of ether oxygens (including phenoxy) is 1. The van der Waals surface area contributed by atoms with Gasteiger partial charge in [-0.3, -0.25) is 4.79 Å². The average molecular weight is 393 g/mol. The molecule has 0 N–H and O–H groups in total. The summed E-state index contributed by atoms with van der Waals surface area (Å²) in [6.07, 6.45) is 11.6. The molecule has 2 aromatic rings. The zero-order valence-electron chi connectivity index (χ0n) is 18.2. The third-order valence-corrected chi connectivity index (χ3v) is 6.46. The molecule has 2 nitrogen and oxygen atoms in total. The van der Waals surface area contributed by atoms with Crippen LogP contribution >= 0.6 is 0 Å². The molecule has 2 heteroatoms. The normalized spacial score (nSPS) is 19.1. The van der Waals surface area contributed by atoms with Gasteiger partial charge in [0.2, 0.25) is 0 Å². The highest BCUT2D eigenvalue weighted by molar-refractivity contribution is 5.73. The molecule has 0 saturated heterocycles. The van der Waals surface area contributed by atoms with Gasteiger partial charge < -0.3 is 4.74 Å². The van der Waals surface area contributed by atoms with Crippen LogP contribution in [0.2, 0.25) is 0 Å². The molecule has 1 aliphatic carbocycles. The molecule has 0 aromatic heterocycles. The topological polar surface area (TPSA) is 26.3 Å². The molecule has 1 fully saturated rings. The van der Waals surface area contributed by atoms with Crippen molar-refractivity contribution < 1.29 is 9.53 Å². The summed E-state index contributed by atoms with van der Waals surface area (Å²) in [6.45, 7) is 4.49. The van der Waals surface area contributed by atoms with E-state index in [2.05, 4.69) is 38.1 Å². The second kappa shape index (κ2) is 11.2. The summed E-state index contributed by atoms with van der Waals surface area (Å²) in [4.78, 5) is 11.9. The molecule has 0 unspecified atom stereocenters. The van der Waals surface area contributed by atoms with Gasteiger partial charge in [0.15, 0.2) is 0 Å². The number of rotatable bonds is 9. The first-order chi connectivity index (χ1) is 14.2. The van der Waals surface area contributed by atoms with Gasteiger partial charge in [-0.2, -0.15) is 0 Å². The molecule has 3 rings (SSSR count). The first-order valence-electron chi connectivity index (χ1n) is 11.6. The van der Waals surface area contributed by atoms with Crippen LogP contribution in [0.1, 0.15) is 89.5 Å². The van der Waals surface area contributed by atoms with E-state index in [9.17, 15) is 4.79 Å². The minimum Gasteiger partial charge on any atom is -0.427 e. The molecule has 156 valence electrons. The number of hydrogen-bond donors (Lipinski definition) is 0. The van der Waals surface area contributed by atoms with E-state index < -0.39 is 0 Å². The first-order valence-corrected chi connectivity index (χ1v) is 11.6. The maximum absolute atomic E-state index is 11.9. The lowest BCUT2D eigenvalue weighted by atomic mass is 9.77. The summed E-state index contributed by atoms with van der Waals surface area (Å²) in [7, 11) is 0. The van der Waals surface area contributed by atoms with Crippen molar-refractivity contribution in [3.8, 4) is 16.9 Å². The molecule has 29 heavy (non-hydrogen) atoms. The van der Waals surface area contributed by atoms with Gasteiger partial charge in [0.1, 0.15) is 5.75 Å². The molecule has 0 radical (unpaired) electrons. The molecular weight excluding hydrogens is 356 g/mol. The van der Waals surface area contributed by atoms with Crippen LogP contribution in [0.3, 0.4) is 0 Å². The molecule has 0 heterocycles. The van der Waals surface area contributed by atoms with Crippen molar-refractivity contribution in [1.82, 2.24) is 0 Å². The Balaban J connectivity index is 1.52. The van der Waals surface area contributed by atoms with Crippen LogP contribution in [0, 0.1) is 5.92 Å². The summed E-state index contributed by atoms with van der Waals surface area (Å²) in [5.74, 6) is 2.18. The molecule has 0 atom stereocenters. The van der Waals surface area contributed by atoms with E-state index in [-0.39, 0.29) is 5.97 Å². The second-order valence-electron chi connectivity index (χ2n) is 8.56. The van der Waals surface area contributed by atoms with Crippen molar-refractivity contribution in [2.45, 2.75) is 84.0 Å². The standard InChI is InChI=1S/C27H36O2/c1-3-5-6-7-8-27(28)29-26-19-17-25(18-20-26)24-15-13-23(14-16-24)22-11-9-21(4-2)10-12-22/h13-22H,3-12H2,1-2H3. The minimum absolute atomic E-state index is 0.129. The SMILES string of the molecule is CCCCCCC(=O)Oc1ccc(-c2ccc(C3CCC(CC)CC3)cc2)cc1. The van der Waals surface area contributed by atoms with Crippen LogP contribution in [0.4, 0.5) is 0 Å². The van der Waals surface area contributed by atoms with Crippen LogP contribution in [-0.4, -0.2) is 5.97 Å². The van der Waals surface area contributed by atoms with E-state index in [4.69, 9.17) is 4.74 Å². The molecule has 0 amide bonds. The van der Waals surface area contributed by atoms with Gasteiger partial charge in [-0.1, -0.05) is 75.9 Å². The van der Waals surface area contributed by atoms with E-state index in [0.29, 0.717) is 12.2 Å². The summed E-state index contributed by atoms with van der Waals surface area (Å²) in [5.41, 5.74) is 3.86. The Labute approximate surface area is 176 Å². The van der Waals surface area contributed by atoms with Gasteiger partial charge in [0.25, 0.3) is 0 Å². The Kier molecular flexibility index (Phi) is 8.34. The van der Waals surface area contributed by atoms with Gasteiger partial charge in [0, 0.05) is 6.42 Å². The monoisotopic (exact) mass is 392 g/mol. The molecule has 0 aliphatic heterocycles. The van der Waals surface area contributed by atoms with Crippen molar-refractivity contribution >= 4 is 5.97 Å². The van der Waals surface area contributed by atoms with E-state index in [1.165, 1.54) is 56.1 Å². The fraction of sp³-hybridized carbons (Fsp3) is 0.519. The lowest BCUT2D eigenvalue weighted by Gasteiger charge is -2.28. The van der Waals surface area contributed by atoms with E-state index in [1.807, 2.05) is 24.3 Å². The molecule has 0 bridgehead atoms. The van der Waals surface area contributed by atoms with E-state index in [1.54, 1.807) is 0 Å². The number of esters is 1. The quantitative estimate of drug-likeness (QED) is 0.246. The van der Waals surface area contributed by atoms with Crippen molar-refractivity contribution in [3.05, 3.63) is 54.1 Å². The van der Waals surface area contributed by atoms with E-state index >= 15 is 0 Å². The molecule has 0 spiro atoms. The van der Waals surface area contributed by atoms with Crippen molar-refractivity contribution in [1.29, 1.82) is 0 Å². The Morgan fingerprint density at radius 2 is 1.45 bits per heavy atom. The highest BCUT2D eigenvalue weighted by Crippen LogP contribution is 2.37. The number of unbranched alkanes of at least 4 members (excludes halogenated alkanes) is 3. The zero-order chi connectivity index (χ0) is 20.5. The van der Waals surface area contributed by atoms with Crippen LogP contribution in [-0.2, 0) is 4.79 Å². The summed E-state index contributed by atoms with van der Waals surface area (Å²) in [6, 6.07) is 17.0. The largest absolute Gasteiger partial charge is 0.427 e. The number of hydrogen-bond acceptors (Lipinski definition) is 2. The van der Waals surface area contributed by atoms with Gasteiger partial charge >= 0.3 is 5.97 Å². The van der Waals surface area contributed by atoms with Gasteiger partial charge in [-0.05, 0) is 72.8 Å². The Morgan fingerprint density at radius 1 is 0.828 bits per heavy atom. The Morgan fingerprint density at radius 3 is 2.03 bits per heavy atom. The third kappa shape index (κ3) is 6.45. The summed E-state index contributed by atoms with van der Waals surface area (Å²) >= 11 is 0. The van der Waals surface area contributed by atoms with Crippen molar-refractivity contribution in [3.63, 3.8) is 0 Å².